The molecule has 1 saturated heterocycles. The quantitative estimate of drug-likeness (QED) is 0.693. The molecule has 0 aromatic heterocycles. The Labute approximate surface area is 166 Å². The van der Waals surface area contributed by atoms with Crippen LogP contribution in [0, 0.1) is 0 Å². The third-order valence-electron chi connectivity index (χ3n) is 4.14. The van der Waals surface area contributed by atoms with E-state index in [1.807, 2.05) is 0 Å². The summed E-state index contributed by atoms with van der Waals surface area (Å²) >= 11 is 0.801. The maximum atomic E-state index is 12.5. The third-order valence-corrected chi connectivity index (χ3v) is 6.44. The number of carbonyl (C=O) groups excluding carboxylic acids is 3. The molecular formula is C18H18N2O6S2. The second-order valence-corrected chi connectivity index (χ2v) is 9.08. The standard InChI is InChI=1S/C18H18N2O6S2/c1-26-14-5-3-2-4-12(14)10-15-17(22)20(18(23)27-15)8-6-16(21)19-13-7-9-28(24,25)11-13/h2-5,7,9-10,13H,6,8,11H2,1H3,(H,19,21)/b15-10+. The van der Waals surface area contributed by atoms with Gasteiger partial charge in [-0.2, -0.15) is 0 Å². The van der Waals surface area contributed by atoms with Crippen molar-refractivity contribution in [2.75, 3.05) is 19.4 Å². The van der Waals surface area contributed by atoms with Crippen LogP contribution >= 0.6 is 11.8 Å². The smallest absolute Gasteiger partial charge is 0.293 e. The van der Waals surface area contributed by atoms with Crippen LogP contribution in [0.2, 0.25) is 0 Å². The van der Waals surface area contributed by atoms with Crippen LogP contribution in [0.25, 0.3) is 6.08 Å². The van der Waals surface area contributed by atoms with E-state index in [1.165, 1.54) is 13.2 Å². The lowest BCUT2D eigenvalue weighted by atomic mass is 10.2. The Hall–Kier alpha value is -2.59. The maximum Gasteiger partial charge on any atom is 0.293 e. The molecule has 3 rings (SSSR count). The second kappa shape index (κ2) is 8.19. The Morgan fingerprint density at radius 3 is 2.79 bits per heavy atom. The van der Waals surface area contributed by atoms with E-state index in [0.717, 1.165) is 22.1 Å². The molecule has 0 saturated carbocycles. The number of imide groups is 1. The van der Waals surface area contributed by atoms with Crippen LogP contribution in [-0.4, -0.2) is 55.8 Å². The molecule has 2 aliphatic heterocycles. The first-order chi connectivity index (χ1) is 13.3. The van der Waals surface area contributed by atoms with Gasteiger partial charge in [-0.25, -0.2) is 8.42 Å². The zero-order valence-corrected chi connectivity index (χ0v) is 16.6. The maximum absolute atomic E-state index is 12.5. The van der Waals surface area contributed by atoms with Crippen LogP contribution in [0.1, 0.15) is 12.0 Å². The molecule has 2 aliphatic rings. The van der Waals surface area contributed by atoms with E-state index in [4.69, 9.17) is 4.74 Å². The van der Waals surface area contributed by atoms with Crippen LogP contribution in [0.3, 0.4) is 0 Å². The molecule has 3 amide bonds. The first kappa shape index (κ1) is 20.2. The number of thioether (sulfide) groups is 1. The number of sulfone groups is 1. The SMILES string of the molecule is COc1ccccc1/C=C1/SC(=O)N(CCC(=O)NC2C=CS(=O)(=O)C2)C1=O. The first-order valence-corrected chi connectivity index (χ1v) is 10.9. The lowest BCUT2D eigenvalue weighted by Crippen LogP contribution is -2.38. The highest BCUT2D eigenvalue weighted by Gasteiger charge is 2.35. The van der Waals surface area contributed by atoms with E-state index >= 15 is 0 Å². The van der Waals surface area contributed by atoms with Gasteiger partial charge >= 0.3 is 0 Å². The van der Waals surface area contributed by atoms with E-state index in [1.54, 1.807) is 30.3 Å². The van der Waals surface area contributed by atoms with Gasteiger partial charge in [0.2, 0.25) is 5.91 Å². The topological polar surface area (TPSA) is 110 Å². The fourth-order valence-electron chi connectivity index (χ4n) is 2.78. The number of benzene rings is 1. The summed E-state index contributed by atoms with van der Waals surface area (Å²) in [7, 11) is -1.75. The molecule has 2 heterocycles. The minimum atomic E-state index is -3.27. The molecule has 1 aromatic rings. The zero-order chi connectivity index (χ0) is 20.3. The van der Waals surface area contributed by atoms with Crippen molar-refractivity contribution >= 4 is 44.7 Å². The van der Waals surface area contributed by atoms with Gasteiger partial charge in [0.1, 0.15) is 5.75 Å². The average Bonchev–Trinajstić information content (AvgIpc) is 3.12. The van der Waals surface area contributed by atoms with Gasteiger partial charge in [0, 0.05) is 23.9 Å². The van der Waals surface area contributed by atoms with E-state index < -0.39 is 32.9 Å². The third kappa shape index (κ3) is 4.63. The van der Waals surface area contributed by atoms with Crippen LogP contribution in [0.5, 0.6) is 5.75 Å². The Morgan fingerprint density at radius 2 is 2.11 bits per heavy atom. The van der Waals surface area contributed by atoms with Gasteiger partial charge in [0.05, 0.1) is 23.8 Å². The summed E-state index contributed by atoms with van der Waals surface area (Å²) in [5, 5.41) is 3.17. The summed E-state index contributed by atoms with van der Waals surface area (Å²) in [4.78, 5) is 37.9. The van der Waals surface area contributed by atoms with E-state index in [0.29, 0.717) is 11.3 Å². The van der Waals surface area contributed by atoms with Crippen LogP contribution in [-0.2, 0) is 19.4 Å². The number of hydrogen-bond donors (Lipinski definition) is 1. The lowest BCUT2D eigenvalue weighted by molar-refractivity contribution is -0.124. The molecular weight excluding hydrogens is 404 g/mol. The van der Waals surface area contributed by atoms with Gasteiger partial charge in [-0.05, 0) is 30.0 Å². The van der Waals surface area contributed by atoms with E-state index in [9.17, 15) is 22.8 Å². The Kier molecular flexibility index (Phi) is 5.90. The highest BCUT2D eigenvalue weighted by molar-refractivity contribution is 8.18. The van der Waals surface area contributed by atoms with Gasteiger partial charge in [0.15, 0.2) is 9.84 Å². The van der Waals surface area contributed by atoms with E-state index in [-0.39, 0.29) is 23.6 Å². The highest BCUT2D eigenvalue weighted by Crippen LogP contribution is 2.33. The summed E-state index contributed by atoms with van der Waals surface area (Å²) in [6.45, 7) is -0.0804. The molecule has 0 aliphatic carbocycles. The van der Waals surface area contributed by atoms with Gasteiger partial charge in [0.25, 0.3) is 11.1 Å². The summed E-state index contributed by atoms with van der Waals surface area (Å²) in [6.07, 6.45) is 2.88. The van der Waals surface area contributed by atoms with Gasteiger partial charge < -0.3 is 10.1 Å². The van der Waals surface area contributed by atoms with Crippen molar-refractivity contribution < 1.29 is 27.5 Å². The fraction of sp³-hybridized carbons (Fsp3) is 0.278. The van der Waals surface area contributed by atoms with Crippen molar-refractivity contribution in [2.45, 2.75) is 12.5 Å². The number of ether oxygens (including phenoxy) is 1. The van der Waals surface area contributed by atoms with Gasteiger partial charge in [-0.15, -0.1) is 0 Å². The van der Waals surface area contributed by atoms with Crippen molar-refractivity contribution in [3.63, 3.8) is 0 Å². The number of carbonyl (C=O) groups is 3. The Morgan fingerprint density at radius 1 is 1.36 bits per heavy atom. The predicted molar refractivity (Wildman–Crippen MR) is 105 cm³/mol. The minimum absolute atomic E-state index is 0.0804. The molecule has 0 radical (unpaired) electrons. The Bertz CT molecular complexity index is 984. The molecule has 148 valence electrons. The minimum Gasteiger partial charge on any atom is -0.496 e. The van der Waals surface area contributed by atoms with Gasteiger partial charge in [-0.3, -0.25) is 19.3 Å². The zero-order valence-electron chi connectivity index (χ0n) is 15.0. The Balaban J connectivity index is 1.60. The monoisotopic (exact) mass is 422 g/mol. The van der Waals surface area contributed by atoms with E-state index in [2.05, 4.69) is 5.32 Å². The van der Waals surface area contributed by atoms with Crippen molar-refractivity contribution in [3.05, 3.63) is 46.2 Å². The van der Waals surface area contributed by atoms with Crippen LogP contribution in [0.15, 0.2) is 40.7 Å². The summed E-state index contributed by atoms with van der Waals surface area (Å²) in [5.74, 6) is -0.507. The molecule has 1 fully saturated rings. The average molecular weight is 422 g/mol. The number of nitrogens with zero attached hydrogens (tertiary/aromatic N) is 1. The number of methoxy groups -OCH3 is 1. The number of amides is 3. The largest absolute Gasteiger partial charge is 0.496 e. The van der Waals surface area contributed by atoms with Crippen LogP contribution in [0.4, 0.5) is 4.79 Å². The van der Waals surface area contributed by atoms with Crippen molar-refractivity contribution in [1.29, 1.82) is 0 Å². The second-order valence-electron chi connectivity index (χ2n) is 6.16. The van der Waals surface area contributed by atoms with Crippen molar-refractivity contribution in [1.82, 2.24) is 10.2 Å². The molecule has 0 spiro atoms. The van der Waals surface area contributed by atoms with Crippen molar-refractivity contribution in [3.8, 4) is 5.75 Å². The van der Waals surface area contributed by atoms with Gasteiger partial charge in [-0.1, -0.05) is 18.2 Å². The summed E-state index contributed by atoms with van der Waals surface area (Å²) in [5.41, 5.74) is 0.669. The molecule has 0 bridgehead atoms. The van der Waals surface area contributed by atoms with Crippen molar-refractivity contribution in [2.24, 2.45) is 0 Å². The number of rotatable bonds is 6. The highest BCUT2D eigenvalue weighted by atomic mass is 32.2. The molecule has 1 N–H and O–H groups in total. The lowest BCUT2D eigenvalue weighted by Gasteiger charge is -2.14. The molecule has 28 heavy (non-hydrogen) atoms. The molecule has 10 heteroatoms. The number of hydrogen-bond acceptors (Lipinski definition) is 7. The summed E-state index contributed by atoms with van der Waals surface area (Å²) < 4.78 is 27.9. The molecule has 1 aromatic carbocycles. The molecule has 8 nitrogen and oxygen atoms in total. The predicted octanol–water partition coefficient (Wildman–Crippen LogP) is 1.55. The number of para-hydroxylation sites is 1. The molecule has 1 unspecified atom stereocenters. The van der Waals surface area contributed by atoms with Crippen LogP contribution < -0.4 is 10.1 Å². The fourth-order valence-corrected chi connectivity index (χ4v) is 4.87. The first-order valence-electron chi connectivity index (χ1n) is 8.38. The summed E-state index contributed by atoms with van der Waals surface area (Å²) in [6, 6.07) is 6.52. The molecule has 1 atom stereocenters. The normalized spacial score (nSPS) is 22.1. The number of nitrogens with one attached hydrogen (secondary N) is 1.